The molecular weight excluding hydrogens is 356 g/mol. The molecular formula is C21H22N4OS. The summed E-state index contributed by atoms with van der Waals surface area (Å²) in [5.74, 6) is 1.18. The monoisotopic (exact) mass is 378 g/mol. The zero-order valence-corrected chi connectivity index (χ0v) is 16.0. The van der Waals surface area contributed by atoms with Crippen LogP contribution in [-0.4, -0.2) is 22.1 Å². The summed E-state index contributed by atoms with van der Waals surface area (Å²) in [4.78, 5) is 13.7. The average molecular weight is 379 g/mol. The molecule has 0 spiro atoms. The van der Waals surface area contributed by atoms with E-state index < -0.39 is 0 Å². The highest BCUT2D eigenvalue weighted by Gasteiger charge is 2.24. The lowest BCUT2D eigenvalue weighted by atomic mass is 9.83. The number of carbonyl (C=O) groups excluding carboxylic acids is 1. The predicted molar refractivity (Wildman–Crippen MR) is 111 cm³/mol. The van der Waals surface area contributed by atoms with Crippen LogP contribution in [0.25, 0.3) is 5.69 Å². The maximum absolute atomic E-state index is 12.5. The first-order valence-electron chi connectivity index (χ1n) is 9.10. The van der Waals surface area contributed by atoms with Gasteiger partial charge in [0, 0.05) is 22.6 Å². The van der Waals surface area contributed by atoms with Gasteiger partial charge < -0.3 is 5.32 Å². The fourth-order valence-electron chi connectivity index (χ4n) is 3.11. The Kier molecular flexibility index (Phi) is 5.16. The molecule has 0 bridgehead atoms. The van der Waals surface area contributed by atoms with Crippen LogP contribution < -0.4 is 10.6 Å². The Morgan fingerprint density at radius 2 is 1.81 bits per heavy atom. The summed E-state index contributed by atoms with van der Waals surface area (Å²) >= 11 is 1.67. The standard InChI is InChI=1S/C21H22N4OS/c1-27-18-12-10-16(11-13-18)22-21(26)23-20-14-19(15-6-5-7-15)24-25(20)17-8-3-2-4-9-17/h2-4,8-15H,5-7H2,1H3,(H2,22,23,26). The van der Waals surface area contributed by atoms with Crippen LogP contribution in [0.1, 0.15) is 30.9 Å². The number of rotatable bonds is 5. The lowest BCUT2D eigenvalue weighted by molar-refractivity contribution is 0.262. The van der Waals surface area contributed by atoms with Crippen molar-refractivity contribution in [3.8, 4) is 5.69 Å². The number of para-hydroxylation sites is 1. The molecule has 138 valence electrons. The van der Waals surface area contributed by atoms with Gasteiger partial charge in [0.05, 0.1) is 11.4 Å². The Hall–Kier alpha value is -2.73. The Bertz CT molecular complexity index is 917. The summed E-state index contributed by atoms with van der Waals surface area (Å²) in [6, 6.07) is 19.4. The summed E-state index contributed by atoms with van der Waals surface area (Å²) in [6.07, 6.45) is 5.61. The smallest absolute Gasteiger partial charge is 0.308 e. The normalized spacial score (nSPS) is 13.8. The second-order valence-electron chi connectivity index (χ2n) is 6.64. The van der Waals surface area contributed by atoms with Crippen molar-refractivity contribution in [2.75, 3.05) is 16.9 Å². The molecule has 1 heterocycles. The highest BCUT2D eigenvalue weighted by molar-refractivity contribution is 7.98. The summed E-state index contributed by atoms with van der Waals surface area (Å²) in [5.41, 5.74) is 2.74. The number of anilines is 2. The van der Waals surface area contributed by atoms with Crippen LogP contribution in [0.4, 0.5) is 16.3 Å². The van der Waals surface area contributed by atoms with Gasteiger partial charge in [-0.15, -0.1) is 11.8 Å². The van der Waals surface area contributed by atoms with E-state index in [1.54, 1.807) is 11.8 Å². The van der Waals surface area contributed by atoms with E-state index in [0.29, 0.717) is 11.7 Å². The lowest BCUT2D eigenvalue weighted by Crippen LogP contribution is -2.21. The second-order valence-corrected chi connectivity index (χ2v) is 7.52. The highest BCUT2D eigenvalue weighted by Crippen LogP contribution is 2.37. The minimum Gasteiger partial charge on any atom is -0.308 e. The van der Waals surface area contributed by atoms with Crippen molar-refractivity contribution in [1.29, 1.82) is 0 Å². The third kappa shape index (κ3) is 4.01. The van der Waals surface area contributed by atoms with Gasteiger partial charge in [-0.25, -0.2) is 9.48 Å². The lowest BCUT2D eigenvalue weighted by Gasteiger charge is -2.22. The first-order chi connectivity index (χ1) is 13.2. The first kappa shape index (κ1) is 17.7. The molecule has 1 aromatic heterocycles. The molecule has 4 rings (SSSR count). The molecule has 0 unspecified atom stereocenters. The van der Waals surface area contributed by atoms with E-state index in [-0.39, 0.29) is 6.03 Å². The van der Waals surface area contributed by atoms with Crippen LogP contribution in [0.2, 0.25) is 0 Å². The number of benzene rings is 2. The number of hydrogen-bond acceptors (Lipinski definition) is 3. The number of nitrogens with zero attached hydrogens (tertiary/aromatic N) is 2. The van der Waals surface area contributed by atoms with Gasteiger partial charge in [-0.05, 0) is 55.5 Å². The van der Waals surface area contributed by atoms with E-state index in [4.69, 9.17) is 5.10 Å². The van der Waals surface area contributed by atoms with E-state index in [9.17, 15) is 4.79 Å². The van der Waals surface area contributed by atoms with Crippen molar-refractivity contribution in [2.45, 2.75) is 30.1 Å². The molecule has 1 fully saturated rings. The molecule has 5 nitrogen and oxygen atoms in total. The van der Waals surface area contributed by atoms with Gasteiger partial charge in [0.15, 0.2) is 0 Å². The molecule has 27 heavy (non-hydrogen) atoms. The number of thioether (sulfide) groups is 1. The molecule has 1 aliphatic rings. The van der Waals surface area contributed by atoms with Crippen LogP contribution in [-0.2, 0) is 0 Å². The van der Waals surface area contributed by atoms with Crippen LogP contribution >= 0.6 is 11.8 Å². The van der Waals surface area contributed by atoms with Crippen LogP contribution in [0.3, 0.4) is 0 Å². The van der Waals surface area contributed by atoms with E-state index in [0.717, 1.165) is 22.0 Å². The van der Waals surface area contributed by atoms with E-state index in [2.05, 4.69) is 10.6 Å². The first-order valence-corrected chi connectivity index (χ1v) is 10.3. The molecule has 6 heteroatoms. The van der Waals surface area contributed by atoms with Crippen molar-refractivity contribution in [3.63, 3.8) is 0 Å². The van der Waals surface area contributed by atoms with Crippen molar-refractivity contribution in [3.05, 3.63) is 66.4 Å². The van der Waals surface area contributed by atoms with Gasteiger partial charge in [-0.1, -0.05) is 24.6 Å². The number of aromatic nitrogens is 2. The van der Waals surface area contributed by atoms with E-state index in [1.807, 2.05) is 71.6 Å². The average Bonchev–Trinajstić information content (AvgIpc) is 3.04. The zero-order valence-electron chi connectivity index (χ0n) is 15.2. The Balaban J connectivity index is 1.54. The third-order valence-electron chi connectivity index (χ3n) is 4.84. The van der Waals surface area contributed by atoms with Gasteiger partial charge in [-0.2, -0.15) is 5.10 Å². The number of amides is 2. The van der Waals surface area contributed by atoms with Gasteiger partial charge in [0.25, 0.3) is 0 Å². The summed E-state index contributed by atoms with van der Waals surface area (Å²) in [7, 11) is 0. The SMILES string of the molecule is CSc1ccc(NC(=O)Nc2cc(C3CCC3)nn2-c2ccccc2)cc1. The largest absolute Gasteiger partial charge is 0.324 e. The van der Waals surface area contributed by atoms with Crippen molar-refractivity contribution in [1.82, 2.24) is 9.78 Å². The molecule has 3 aromatic rings. The Morgan fingerprint density at radius 1 is 1.07 bits per heavy atom. The molecule has 0 aliphatic heterocycles. The highest BCUT2D eigenvalue weighted by atomic mass is 32.2. The fourth-order valence-corrected chi connectivity index (χ4v) is 3.52. The molecule has 1 aliphatic carbocycles. The topological polar surface area (TPSA) is 59.0 Å². The third-order valence-corrected chi connectivity index (χ3v) is 5.59. The van der Waals surface area contributed by atoms with Crippen molar-refractivity contribution >= 4 is 29.3 Å². The molecule has 0 atom stereocenters. The fraction of sp³-hybridized carbons (Fsp3) is 0.238. The van der Waals surface area contributed by atoms with E-state index >= 15 is 0 Å². The predicted octanol–water partition coefficient (Wildman–Crippen LogP) is 5.51. The number of urea groups is 1. The Morgan fingerprint density at radius 3 is 2.44 bits per heavy atom. The Labute approximate surface area is 163 Å². The molecule has 2 aromatic carbocycles. The maximum Gasteiger partial charge on any atom is 0.324 e. The summed E-state index contributed by atoms with van der Waals surface area (Å²) in [6.45, 7) is 0. The van der Waals surface area contributed by atoms with Crippen LogP contribution in [0.5, 0.6) is 0 Å². The van der Waals surface area contributed by atoms with Gasteiger partial charge in [0.1, 0.15) is 5.82 Å². The van der Waals surface area contributed by atoms with Gasteiger partial charge in [-0.3, -0.25) is 5.32 Å². The summed E-state index contributed by atoms with van der Waals surface area (Å²) in [5, 5.41) is 10.6. The number of hydrogen-bond donors (Lipinski definition) is 2. The molecule has 0 saturated heterocycles. The summed E-state index contributed by atoms with van der Waals surface area (Å²) < 4.78 is 1.81. The molecule has 2 amide bonds. The second kappa shape index (κ2) is 7.88. The van der Waals surface area contributed by atoms with Gasteiger partial charge in [0.2, 0.25) is 0 Å². The maximum atomic E-state index is 12.5. The van der Waals surface area contributed by atoms with E-state index in [1.165, 1.54) is 19.3 Å². The molecule has 1 saturated carbocycles. The quantitative estimate of drug-likeness (QED) is 0.576. The zero-order chi connectivity index (χ0) is 18.6. The van der Waals surface area contributed by atoms with Crippen molar-refractivity contribution < 1.29 is 4.79 Å². The van der Waals surface area contributed by atoms with Crippen LogP contribution in [0, 0.1) is 0 Å². The minimum absolute atomic E-state index is 0.274. The van der Waals surface area contributed by atoms with Gasteiger partial charge >= 0.3 is 6.03 Å². The van der Waals surface area contributed by atoms with Crippen molar-refractivity contribution in [2.24, 2.45) is 0 Å². The molecule has 2 N–H and O–H groups in total. The number of nitrogens with one attached hydrogen (secondary N) is 2. The molecule has 0 radical (unpaired) electrons. The minimum atomic E-state index is -0.274. The van der Waals surface area contributed by atoms with Crippen LogP contribution in [0.15, 0.2) is 65.6 Å². The number of carbonyl (C=O) groups is 1.